The SMILES string of the molecule is O=C(Cc1ccc(-n2c(=O)c3ccccc3n(Cc3c(F)cccc3Cl)c2=O)cc1)NCc1ccco1. The molecule has 0 unspecified atom stereocenters. The molecular weight excluding hydrogens is 497 g/mol. The summed E-state index contributed by atoms with van der Waals surface area (Å²) in [7, 11) is 0. The highest BCUT2D eigenvalue weighted by Gasteiger charge is 2.17. The summed E-state index contributed by atoms with van der Waals surface area (Å²) in [4.78, 5) is 39.2. The van der Waals surface area contributed by atoms with Crippen LogP contribution in [-0.4, -0.2) is 15.0 Å². The predicted octanol–water partition coefficient (Wildman–Crippen LogP) is 4.45. The fourth-order valence-electron chi connectivity index (χ4n) is 4.15. The van der Waals surface area contributed by atoms with Crippen molar-refractivity contribution in [2.75, 3.05) is 0 Å². The van der Waals surface area contributed by atoms with Gasteiger partial charge < -0.3 is 9.73 Å². The van der Waals surface area contributed by atoms with Crippen molar-refractivity contribution in [2.24, 2.45) is 0 Å². The van der Waals surface area contributed by atoms with Gasteiger partial charge in [-0.3, -0.25) is 14.2 Å². The Balaban J connectivity index is 1.49. The molecule has 9 heteroatoms. The lowest BCUT2D eigenvalue weighted by molar-refractivity contribution is -0.120. The Morgan fingerprint density at radius 1 is 0.946 bits per heavy atom. The van der Waals surface area contributed by atoms with Crippen LogP contribution in [-0.2, 0) is 24.3 Å². The molecule has 1 N–H and O–H groups in total. The Morgan fingerprint density at radius 3 is 2.46 bits per heavy atom. The fraction of sp³-hybridized carbons (Fsp3) is 0.107. The fourth-order valence-corrected chi connectivity index (χ4v) is 4.38. The molecule has 0 aliphatic rings. The maximum atomic E-state index is 14.5. The number of furan rings is 1. The molecular formula is C28H21ClFN3O4. The van der Waals surface area contributed by atoms with E-state index in [1.165, 1.54) is 23.0 Å². The largest absolute Gasteiger partial charge is 0.467 e. The number of aromatic nitrogens is 2. The summed E-state index contributed by atoms with van der Waals surface area (Å²) >= 11 is 6.22. The van der Waals surface area contributed by atoms with Gasteiger partial charge in [0.2, 0.25) is 5.91 Å². The van der Waals surface area contributed by atoms with Crippen LogP contribution < -0.4 is 16.6 Å². The van der Waals surface area contributed by atoms with Crippen molar-refractivity contribution in [3.8, 4) is 5.69 Å². The molecule has 0 aliphatic carbocycles. The van der Waals surface area contributed by atoms with Crippen molar-refractivity contribution in [1.82, 2.24) is 14.5 Å². The van der Waals surface area contributed by atoms with Crippen LogP contribution in [0.3, 0.4) is 0 Å². The normalized spacial score (nSPS) is 11.1. The lowest BCUT2D eigenvalue weighted by Gasteiger charge is -2.15. The Morgan fingerprint density at radius 2 is 1.73 bits per heavy atom. The molecule has 0 radical (unpaired) electrons. The van der Waals surface area contributed by atoms with Crippen molar-refractivity contribution < 1.29 is 13.6 Å². The molecule has 2 aromatic heterocycles. The second kappa shape index (κ2) is 10.3. The molecule has 0 fully saturated rings. The number of hydrogen-bond donors (Lipinski definition) is 1. The number of carbonyl (C=O) groups excluding carboxylic acids is 1. The maximum absolute atomic E-state index is 14.5. The summed E-state index contributed by atoms with van der Waals surface area (Å²) in [5.41, 5.74) is 0.421. The zero-order valence-electron chi connectivity index (χ0n) is 19.5. The minimum absolute atomic E-state index is 0.115. The molecule has 3 aromatic carbocycles. The zero-order chi connectivity index (χ0) is 25.9. The van der Waals surface area contributed by atoms with Crippen LogP contribution in [0.5, 0.6) is 0 Å². The van der Waals surface area contributed by atoms with E-state index in [2.05, 4.69) is 5.32 Å². The molecule has 0 atom stereocenters. The van der Waals surface area contributed by atoms with Gasteiger partial charge in [0.15, 0.2) is 0 Å². The Kier molecular flexibility index (Phi) is 6.74. The number of amides is 1. The first-order valence-electron chi connectivity index (χ1n) is 11.5. The second-order valence-corrected chi connectivity index (χ2v) is 8.83. The minimum Gasteiger partial charge on any atom is -0.467 e. The number of para-hydroxylation sites is 1. The van der Waals surface area contributed by atoms with E-state index in [1.54, 1.807) is 66.7 Å². The third-order valence-corrected chi connectivity index (χ3v) is 6.38. The standard InChI is InChI=1S/C28H21ClFN3O4/c29-23-7-3-8-24(30)22(23)17-32-25-9-2-1-6-21(25)27(35)33(28(32)36)19-12-10-18(11-13-19)15-26(34)31-16-20-5-4-14-37-20/h1-14H,15-17H2,(H,31,34). The molecule has 2 heterocycles. The number of hydrogen-bond acceptors (Lipinski definition) is 4. The van der Waals surface area contributed by atoms with E-state index in [9.17, 15) is 18.8 Å². The topological polar surface area (TPSA) is 86.2 Å². The summed E-state index contributed by atoms with van der Waals surface area (Å²) in [5, 5.41) is 3.26. The van der Waals surface area contributed by atoms with Gasteiger partial charge in [0.1, 0.15) is 11.6 Å². The van der Waals surface area contributed by atoms with Crippen LogP contribution in [0.4, 0.5) is 4.39 Å². The van der Waals surface area contributed by atoms with E-state index in [0.717, 1.165) is 4.57 Å². The first-order chi connectivity index (χ1) is 17.9. The lowest BCUT2D eigenvalue weighted by atomic mass is 10.1. The third kappa shape index (κ3) is 4.96. The van der Waals surface area contributed by atoms with Crippen molar-refractivity contribution in [1.29, 1.82) is 0 Å². The number of benzene rings is 3. The third-order valence-electron chi connectivity index (χ3n) is 6.03. The highest BCUT2D eigenvalue weighted by Crippen LogP contribution is 2.21. The minimum atomic E-state index is -0.632. The maximum Gasteiger partial charge on any atom is 0.336 e. The van der Waals surface area contributed by atoms with Gasteiger partial charge in [-0.15, -0.1) is 0 Å². The van der Waals surface area contributed by atoms with Gasteiger partial charge in [-0.1, -0.05) is 41.9 Å². The van der Waals surface area contributed by atoms with Crippen molar-refractivity contribution in [3.05, 3.63) is 134 Å². The highest BCUT2D eigenvalue weighted by molar-refractivity contribution is 6.31. The summed E-state index contributed by atoms with van der Waals surface area (Å²) in [6, 6.07) is 21.0. The van der Waals surface area contributed by atoms with Gasteiger partial charge in [-0.05, 0) is 54.1 Å². The summed E-state index contributed by atoms with van der Waals surface area (Å²) < 4.78 is 22.1. The van der Waals surface area contributed by atoms with E-state index in [4.69, 9.17) is 16.0 Å². The first-order valence-corrected chi connectivity index (χ1v) is 11.9. The molecule has 0 spiro atoms. The van der Waals surface area contributed by atoms with Gasteiger partial charge in [0, 0.05) is 10.6 Å². The molecule has 1 amide bonds. The Bertz CT molecular complexity index is 1690. The van der Waals surface area contributed by atoms with Crippen LogP contribution in [0.15, 0.2) is 99.1 Å². The number of carbonyl (C=O) groups is 1. The van der Waals surface area contributed by atoms with Gasteiger partial charge in [0.05, 0.1) is 42.4 Å². The number of nitrogens with one attached hydrogen (secondary N) is 1. The van der Waals surface area contributed by atoms with Gasteiger partial charge in [-0.25, -0.2) is 13.8 Å². The molecule has 7 nitrogen and oxygen atoms in total. The van der Waals surface area contributed by atoms with Crippen LogP contribution in [0.2, 0.25) is 5.02 Å². The van der Waals surface area contributed by atoms with E-state index >= 15 is 0 Å². The Labute approximate surface area is 215 Å². The van der Waals surface area contributed by atoms with E-state index < -0.39 is 17.1 Å². The van der Waals surface area contributed by atoms with Crippen LogP contribution in [0.25, 0.3) is 16.6 Å². The first kappa shape index (κ1) is 24.3. The molecule has 0 saturated carbocycles. The van der Waals surface area contributed by atoms with Gasteiger partial charge in [-0.2, -0.15) is 0 Å². The molecule has 0 saturated heterocycles. The molecule has 5 aromatic rings. The smallest absolute Gasteiger partial charge is 0.336 e. The Hall–Kier alpha value is -4.43. The highest BCUT2D eigenvalue weighted by atomic mass is 35.5. The number of rotatable bonds is 7. The summed E-state index contributed by atoms with van der Waals surface area (Å²) in [6.45, 7) is 0.126. The van der Waals surface area contributed by atoms with Gasteiger partial charge in [0.25, 0.3) is 5.56 Å². The number of fused-ring (bicyclic) bond motifs is 1. The van der Waals surface area contributed by atoms with E-state index in [1.807, 2.05) is 0 Å². The quantitative estimate of drug-likeness (QED) is 0.346. The van der Waals surface area contributed by atoms with Crippen molar-refractivity contribution in [2.45, 2.75) is 19.5 Å². The monoisotopic (exact) mass is 517 g/mol. The van der Waals surface area contributed by atoms with Crippen molar-refractivity contribution >= 4 is 28.4 Å². The van der Waals surface area contributed by atoms with Crippen molar-refractivity contribution in [3.63, 3.8) is 0 Å². The van der Waals surface area contributed by atoms with Crippen LogP contribution in [0.1, 0.15) is 16.9 Å². The molecule has 0 bridgehead atoms. The zero-order valence-corrected chi connectivity index (χ0v) is 20.2. The summed E-state index contributed by atoms with van der Waals surface area (Å²) in [5.74, 6) is -0.0978. The van der Waals surface area contributed by atoms with Crippen LogP contribution >= 0.6 is 11.6 Å². The second-order valence-electron chi connectivity index (χ2n) is 8.43. The molecule has 186 valence electrons. The van der Waals surface area contributed by atoms with E-state index in [-0.39, 0.29) is 36.0 Å². The average molecular weight is 518 g/mol. The molecule has 5 rings (SSSR count). The number of nitrogens with zero attached hydrogens (tertiary/aromatic N) is 2. The lowest BCUT2D eigenvalue weighted by Crippen LogP contribution is -2.39. The summed E-state index contributed by atoms with van der Waals surface area (Å²) in [6.07, 6.45) is 1.65. The molecule has 0 aliphatic heterocycles. The van der Waals surface area contributed by atoms with Gasteiger partial charge >= 0.3 is 5.69 Å². The molecule has 37 heavy (non-hydrogen) atoms. The van der Waals surface area contributed by atoms with Crippen LogP contribution in [0, 0.1) is 5.82 Å². The number of halogens is 2. The predicted molar refractivity (Wildman–Crippen MR) is 139 cm³/mol. The average Bonchev–Trinajstić information content (AvgIpc) is 3.42. The van der Waals surface area contributed by atoms with E-state index in [0.29, 0.717) is 27.9 Å².